The summed E-state index contributed by atoms with van der Waals surface area (Å²) in [5, 5.41) is 0. The van der Waals surface area contributed by atoms with Crippen molar-refractivity contribution in [2.45, 2.75) is 0 Å². The summed E-state index contributed by atoms with van der Waals surface area (Å²) in [6.07, 6.45) is 0. The van der Waals surface area contributed by atoms with Crippen molar-refractivity contribution in [3.05, 3.63) is 0 Å². The van der Waals surface area contributed by atoms with E-state index in [1.54, 1.807) is 0 Å². The maximum Gasteiger partial charge on any atom is 3.00 e. The largest absolute Gasteiger partial charge is 3.00 e. The summed E-state index contributed by atoms with van der Waals surface area (Å²) >= 11 is 0. The van der Waals surface area contributed by atoms with Crippen LogP contribution in [-0.2, 0) is 0 Å². The van der Waals surface area contributed by atoms with Crippen molar-refractivity contribution in [2.75, 3.05) is 0 Å². The van der Waals surface area contributed by atoms with Gasteiger partial charge >= 0.3 is 34.7 Å². The zero-order chi connectivity index (χ0) is 0. The summed E-state index contributed by atoms with van der Waals surface area (Å²) in [6.45, 7) is 0. The van der Waals surface area contributed by atoms with Gasteiger partial charge in [-0.25, -0.2) is 0 Å². The summed E-state index contributed by atoms with van der Waals surface area (Å²) in [5.41, 5.74) is 0. The van der Waals surface area contributed by atoms with Crippen molar-refractivity contribution in [3.8, 4) is 0 Å². The van der Waals surface area contributed by atoms with Crippen LogP contribution in [0.15, 0.2) is 0 Å². The smallest absolute Gasteiger partial charge is 3.00 e. The molecule has 0 aromatic rings. The van der Waals surface area contributed by atoms with Gasteiger partial charge in [-0.2, -0.15) is 0 Å². The van der Waals surface area contributed by atoms with Gasteiger partial charge in [0.1, 0.15) is 0 Å². The van der Waals surface area contributed by atoms with Crippen LogP contribution in [0.4, 0.5) is 0 Å². The molecule has 0 saturated heterocycles. The minimum Gasteiger partial charge on any atom is -3.00 e. The number of rotatable bonds is 0. The summed E-state index contributed by atoms with van der Waals surface area (Å²) in [4.78, 5) is 0. The predicted molar refractivity (Wildman–Crippen MR) is 35.7 cm³/mol. The summed E-state index contributed by atoms with van der Waals surface area (Å²) < 4.78 is 0. The Morgan fingerprint density at radius 2 is 0.667 bits per heavy atom. The standard InChI is InChI=1S/2Al.As.2Ga.P/q2*+3;-3;;;-3. The molecule has 0 bridgehead atoms. The summed E-state index contributed by atoms with van der Waals surface area (Å²) in [6, 6.07) is 0. The number of hydrogen-bond acceptors (Lipinski definition) is 0. The monoisotopic (exact) mass is 298 g/mol. The second kappa shape index (κ2) is 40.4. The quantitative estimate of drug-likeness (QED) is 0.396. The van der Waals surface area contributed by atoms with Gasteiger partial charge in [0.2, 0.25) is 0 Å². The van der Waals surface area contributed by atoms with E-state index in [0.29, 0.717) is 0 Å². The van der Waals surface area contributed by atoms with Gasteiger partial charge in [-0.1, -0.05) is 0 Å². The van der Waals surface area contributed by atoms with Crippen LogP contribution in [0.3, 0.4) is 0 Å². The molecule has 0 aliphatic rings. The first-order valence-electron chi connectivity index (χ1n) is 0. The molecule has 0 aliphatic heterocycles. The molecule has 0 amide bonds. The average Bonchev–Trinajstić information content (AvgIpc) is 0. The average molecular weight is 299 g/mol. The topological polar surface area (TPSA) is 0 Å². The molecule has 0 rings (SSSR count). The normalized spacial score (nSPS) is 0. The first kappa shape index (κ1) is 58.4. The number of hydrogen-bond donors (Lipinski definition) is 0. The zero-order valence-electron chi connectivity index (χ0n) is 3.20. The molecule has 0 nitrogen and oxygen atoms in total. The predicted octanol–water partition coefficient (Wildman–Crippen LogP) is -1.04. The van der Waals surface area contributed by atoms with Gasteiger partial charge in [0, 0.05) is 39.6 Å². The third-order valence-corrected chi connectivity index (χ3v) is 0. The van der Waals surface area contributed by atoms with E-state index in [1.165, 1.54) is 0 Å². The first-order chi connectivity index (χ1) is 0. The van der Waals surface area contributed by atoms with Gasteiger partial charge in [0.05, 0.1) is 0 Å². The van der Waals surface area contributed by atoms with Gasteiger partial charge in [-0.05, 0) is 0 Å². The molecule has 0 unspecified atom stereocenters. The molecule has 6 radical (unpaired) electrons. The van der Waals surface area contributed by atoms with Gasteiger partial charge in [-0.3, -0.25) is 0 Å². The molecule has 6 heteroatoms. The van der Waals surface area contributed by atoms with Gasteiger partial charge < -0.3 is 27.9 Å². The fourth-order valence-corrected chi connectivity index (χ4v) is 0. The molecular weight excluding hydrogens is 299 g/mol. The van der Waals surface area contributed by atoms with E-state index in [-0.39, 0.29) is 102 Å². The Kier molecular flexibility index (Phi) is 393. The minimum atomic E-state index is 0. The van der Waals surface area contributed by atoms with Crippen molar-refractivity contribution in [2.24, 2.45) is 0 Å². The molecule has 0 heterocycles. The Balaban J connectivity index is 0. The van der Waals surface area contributed by atoms with Gasteiger partial charge in [0.15, 0.2) is 0 Å². The van der Waals surface area contributed by atoms with Crippen molar-refractivity contribution in [3.63, 3.8) is 0 Å². The summed E-state index contributed by atoms with van der Waals surface area (Å²) in [5.74, 6) is 0. The van der Waals surface area contributed by atoms with Crippen LogP contribution >= 0.6 is 9.90 Å². The molecule has 22 valence electrons. The molecule has 0 saturated carbocycles. The molecule has 0 aliphatic carbocycles. The van der Waals surface area contributed by atoms with E-state index in [4.69, 9.17) is 0 Å². The first-order valence-corrected chi connectivity index (χ1v) is 0. The molecular formula is Al2AsGa2P. The summed E-state index contributed by atoms with van der Waals surface area (Å²) in [7, 11) is 0. The van der Waals surface area contributed by atoms with Crippen molar-refractivity contribution in [1.29, 1.82) is 0 Å². The second-order valence-corrected chi connectivity index (χ2v) is 0. The van der Waals surface area contributed by atoms with E-state index in [1.807, 2.05) is 0 Å². The fourth-order valence-electron chi connectivity index (χ4n) is 0. The Bertz CT molecular complexity index is 11.5. The van der Waals surface area contributed by atoms with Gasteiger partial charge in [0.25, 0.3) is 0 Å². The molecule has 0 spiro atoms. The Labute approximate surface area is 101 Å². The zero-order valence-corrected chi connectivity index (χ0v) is 13.1. The van der Waals surface area contributed by atoms with E-state index >= 15 is 0 Å². The van der Waals surface area contributed by atoms with Crippen LogP contribution in [0, 0.1) is 0 Å². The van der Waals surface area contributed by atoms with Gasteiger partial charge in [-0.15, -0.1) is 0 Å². The maximum absolute atomic E-state index is 0. The molecule has 0 aromatic heterocycles. The van der Waals surface area contributed by atoms with Crippen molar-refractivity contribution >= 4 is 102 Å². The third-order valence-electron chi connectivity index (χ3n) is 0. The maximum atomic E-state index is 0. The van der Waals surface area contributed by atoms with Crippen LogP contribution in [0.5, 0.6) is 0 Å². The second-order valence-electron chi connectivity index (χ2n) is 0. The Morgan fingerprint density at radius 3 is 0.667 bits per heavy atom. The molecule has 0 aromatic carbocycles. The molecule has 0 N–H and O–H groups in total. The molecule has 0 fully saturated rings. The Morgan fingerprint density at radius 1 is 0.667 bits per heavy atom. The van der Waals surface area contributed by atoms with Crippen molar-refractivity contribution in [1.82, 2.24) is 0 Å². The fraction of sp³-hybridized carbons (Fsp3) is 0. The van der Waals surface area contributed by atoms with Crippen LogP contribution < -0.4 is 0 Å². The third kappa shape index (κ3) is 26.5. The van der Waals surface area contributed by atoms with Crippen LogP contribution in [0.2, 0.25) is 0 Å². The van der Waals surface area contributed by atoms with E-state index in [9.17, 15) is 0 Å². The van der Waals surface area contributed by atoms with Crippen LogP contribution in [0.25, 0.3) is 0 Å². The van der Waals surface area contributed by atoms with Crippen molar-refractivity contribution < 1.29 is 0 Å². The van der Waals surface area contributed by atoms with E-state index in [0.717, 1.165) is 0 Å². The molecule has 0 atom stereocenters. The minimum absolute atomic E-state index is 0. The van der Waals surface area contributed by atoms with Crippen LogP contribution in [0.1, 0.15) is 0 Å². The SMILES string of the molecule is [Al+3].[Al+3].[As-3].[Ga].[Ga].[P-3]. The molecule has 6 heavy (non-hydrogen) atoms. The Hall–Kier alpha value is 3.33. The van der Waals surface area contributed by atoms with E-state index < -0.39 is 0 Å². The van der Waals surface area contributed by atoms with E-state index in [2.05, 4.69) is 0 Å². The van der Waals surface area contributed by atoms with Crippen LogP contribution in [-0.4, -0.2) is 92.3 Å².